The van der Waals surface area contributed by atoms with E-state index in [9.17, 15) is 4.79 Å². The molecule has 2 aromatic rings. The summed E-state index contributed by atoms with van der Waals surface area (Å²) in [6.07, 6.45) is 5.13. The Morgan fingerprint density at radius 1 is 1.29 bits per heavy atom. The molecule has 0 spiro atoms. The molecule has 0 fully saturated rings. The fourth-order valence-corrected chi connectivity index (χ4v) is 3.06. The van der Waals surface area contributed by atoms with Crippen molar-refractivity contribution in [3.05, 3.63) is 48.3 Å². The number of carbonyl (C=O) groups excluding carboxylic acids is 1. The van der Waals surface area contributed by atoms with Gasteiger partial charge in [0, 0.05) is 17.1 Å². The highest BCUT2D eigenvalue weighted by Crippen LogP contribution is 2.19. The first-order chi connectivity index (χ1) is 10.1. The van der Waals surface area contributed by atoms with Crippen molar-refractivity contribution in [1.29, 1.82) is 0 Å². The lowest BCUT2D eigenvalue weighted by molar-refractivity contribution is 0.0903. The molecule has 0 aliphatic rings. The Balaban J connectivity index is 2.16. The minimum Gasteiger partial charge on any atom is -0.346 e. The van der Waals surface area contributed by atoms with Crippen LogP contribution >= 0.6 is 15.9 Å². The number of carbonyl (C=O) groups is 1. The summed E-state index contributed by atoms with van der Waals surface area (Å²) in [5.41, 5.74) is 1.31. The highest BCUT2D eigenvalue weighted by Gasteiger charge is 2.27. The van der Waals surface area contributed by atoms with Crippen LogP contribution in [0, 0.1) is 0 Å². The SMILES string of the molecule is CCC(CC)(CBr)NC(=O)c1cnn(-c2ccccc2)c1. The summed E-state index contributed by atoms with van der Waals surface area (Å²) in [4.78, 5) is 12.4. The molecule has 5 heteroatoms. The van der Waals surface area contributed by atoms with Gasteiger partial charge in [0.2, 0.25) is 0 Å². The van der Waals surface area contributed by atoms with Crippen LogP contribution < -0.4 is 5.32 Å². The second kappa shape index (κ2) is 6.89. The largest absolute Gasteiger partial charge is 0.346 e. The van der Waals surface area contributed by atoms with Crippen molar-refractivity contribution in [2.75, 3.05) is 5.33 Å². The molecule has 1 amide bonds. The van der Waals surface area contributed by atoms with Gasteiger partial charge in [-0.3, -0.25) is 4.79 Å². The molecule has 0 atom stereocenters. The molecule has 2 rings (SSSR count). The number of aromatic nitrogens is 2. The van der Waals surface area contributed by atoms with Crippen molar-refractivity contribution in [2.45, 2.75) is 32.2 Å². The molecule has 0 unspecified atom stereocenters. The first-order valence-electron chi connectivity index (χ1n) is 7.12. The third-order valence-corrected chi connectivity index (χ3v) is 4.93. The fourth-order valence-electron chi connectivity index (χ4n) is 2.12. The Hall–Kier alpha value is -1.62. The summed E-state index contributed by atoms with van der Waals surface area (Å²) in [6.45, 7) is 4.16. The van der Waals surface area contributed by atoms with E-state index in [-0.39, 0.29) is 11.4 Å². The van der Waals surface area contributed by atoms with E-state index < -0.39 is 0 Å². The Kier molecular flexibility index (Phi) is 5.17. The van der Waals surface area contributed by atoms with E-state index in [0.717, 1.165) is 23.9 Å². The van der Waals surface area contributed by atoms with Gasteiger partial charge in [-0.15, -0.1) is 0 Å². The minimum absolute atomic E-state index is 0.0830. The van der Waals surface area contributed by atoms with Crippen LogP contribution in [0.2, 0.25) is 0 Å². The lowest BCUT2D eigenvalue weighted by Gasteiger charge is -2.30. The molecular weight excluding hydrogens is 330 g/mol. The number of halogens is 1. The Bertz CT molecular complexity index is 582. The summed E-state index contributed by atoms with van der Waals surface area (Å²) in [6, 6.07) is 9.75. The van der Waals surface area contributed by atoms with Crippen LogP contribution in [0.15, 0.2) is 42.7 Å². The number of rotatable bonds is 6. The van der Waals surface area contributed by atoms with Crippen molar-refractivity contribution in [3.63, 3.8) is 0 Å². The normalized spacial score (nSPS) is 11.4. The van der Waals surface area contributed by atoms with E-state index in [0.29, 0.717) is 5.56 Å². The van der Waals surface area contributed by atoms with E-state index in [4.69, 9.17) is 0 Å². The molecule has 0 aliphatic heterocycles. The molecule has 1 aromatic carbocycles. The summed E-state index contributed by atoms with van der Waals surface area (Å²) in [5.74, 6) is -0.0830. The van der Waals surface area contributed by atoms with Gasteiger partial charge in [-0.2, -0.15) is 5.10 Å². The highest BCUT2D eigenvalue weighted by molar-refractivity contribution is 9.09. The summed E-state index contributed by atoms with van der Waals surface area (Å²) >= 11 is 3.50. The number of amides is 1. The summed E-state index contributed by atoms with van der Waals surface area (Å²) < 4.78 is 1.71. The number of nitrogens with one attached hydrogen (secondary N) is 1. The molecule has 1 heterocycles. The zero-order chi connectivity index (χ0) is 15.3. The van der Waals surface area contributed by atoms with Gasteiger partial charge in [-0.05, 0) is 25.0 Å². The van der Waals surface area contributed by atoms with Gasteiger partial charge < -0.3 is 5.32 Å². The lowest BCUT2D eigenvalue weighted by atomic mass is 9.95. The van der Waals surface area contributed by atoms with Crippen LogP contribution in [-0.4, -0.2) is 26.6 Å². The fraction of sp³-hybridized carbons (Fsp3) is 0.375. The van der Waals surface area contributed by atoms with Crippen molar-refractivity contribution in [2.24, 2.45) is 0 Å². The van der Waals surface area contributed by atoms with Crippen LogP contribution in [0.3, 0.4) is 0 Å². The third-order valence-electron chi connectivity index (χ3n) is 3.85. The topological polar surface area (TPSA) is 46.9 Å². The molecule has 0 bridgehead atoms. The molecule has 1 N–H and O–H groups in total. The van der Waals surface area contributed by atoms with Crippen LogP contribution in [0.4, 0.5) is 0 Å². The zero-order valence-electron chi connectivity index (χ0n) is 12.3. The van der Waals surface area contributed by atoms with Gasteiger partial charge in [-0.1, -0.05) is 48.0 Å². The summed E-state index contributed by atoms with van der Waals surface area (Å²) in [5, 5.41) is 8.12. The van der Waals surface area contributed by atoms with Crippen molar-refractivity contribution in [3.8, 4) is 5.69 Å². The molecule has 0 radical (unpaired) electrons. The second-order valence-electron chi connectivity index (χ2n) is 5.08. The number of para-hydroxylation sites is 1. The molecule has 21 heavy (non-hydrogen) atoms. The van der Waals surface area contributed by atoms with Crippen molar-refractivity contribution < 1.29 is 4.79 Å². The molecule has 0 aliphatic carbocycles. The maximum atomic E-state index is 12.4. The maximum absolute atomic E-state index is 12.4. The standard InChI is InChI=1S/C16H20BrN3O/c1-3-16(4-2,12-17)19-15(21)13-10-18-20(11-13)14-8-6-5-7-9-14/h5-11H,3-4,12H2,1-2H3,(H,19,21). The van der Waals surface area contributed by atoms with Gasteiger partial charge in [0.05, 0.1) is 17.4 Å². The van der Waals surface area contributed by atoms with Gasteiger partial charge >= 0.3 is 0 Å². The lowest BCUT2D eigenvalue weighted by Crippen LogP contribution is -2.49. The van der Waals surface area contributed by atoms with E-state index in [2.05, 4.69) is 40.2 Å². The van der Waals surface area contributed by atoms with Gasteiger partial charge in [0.15, 0.2) is 0 Å². The smallest absolute Gasteiger partial charge is 0.254 e. The number of benzene rings is 1. The second-order valence-corrected chi connectivity index (χ2v) is 5.65. The van der Waals surface area contributed by atoms with Crippen molar-refractivity contribution in [1.82, 2.24) is 15.1 Å². The van der Waals surface area contributed by atoms with Gasteiger partial charge in [0.1, 0.15) is 0 Å². The van der Waals surface area contributed by atoms with Crippen LogP contribution in [0.25, 0.3) is 5.69 Å². The molecule has 0 saturated heterocycles. The van der Waals surface area contributed by atoms with Gasteiger partial charge in [0.25, 0.3) is 5.91 Å². The van der Waals surface area contributed by atoms with Crippen LogP contribution in [0.1, 0.15) is 37.0 Å². The van der Waals surface area contributed by atoms with E-state index in [1.54, 1.807) is 17.1 Å². The number of nitrogens with zero attached hydrogens (tertiary/aromatic N) is 2. The maximum Gasteiger partial charge on any atom is 0.254 e. The Morgan fingerprint density at radius 2 is 1.95 bits per heavy atom. The van der Waals surface area contributed by atoms with E-state index >= 15 is 0 Å². The number of alkyl halides is 1. The monoisotopic (exact) mass is 349 g/mol. The third kappa shape index (κ3) is 3.53. The average Bonchev–Trinajstić information content (AvgIpc) is 3.04. The predicted molar refractivity (Wildman–Crippen MR) is 88.1 cm³/mol. The number of hydrogen-bond donors (Lipinski definition) is 1. The Morgan fingerprint density at radius 3 is 2.52 bits per heavy atom. The first-order valence-corrected chi connectivity index (χ1v) is 8.25. The molecule has 112 valence electrons. The van der Waals surface area contributed by atoms with Crippen LogP contribution in [0.5, 0.6) is 0 Å². The first kappa shape index (κ1) is 15.8. The molecular formula is C16H20BrN3O. The van der Waals surface area contributed by atoms with E-state index in [1.165, 1.54) is 0 Å². The average molecular weight is 350 g/mol. The van der Waals surface area contributed by atoms with Crippen molar-refractivity contribution >= 4 is 21.8 Å². The quantitative estimate of drug-likeness (QED) is 0.810. The molecule has 0 saturated carbocycles. The van der Waals surface area contributed by atoms with Crippen LogP contribution in [-0.2, 0) is 0 Å². The minimum atomic E-state index is -0.202. The zero-order valence-corrected chi connectivity index (χ0v) is 13.9. The number of hydrogen-bond acceptors (Lipinski definition) is 2. The highest BCUT2D eigenvalue weighted by atomic mass is 79.9. The summed E-state index contributed by atoms with van der Waals surface area (Å²) in [7, 11) is 0. The molecule has 4 nitrogen and oxygen atoms in total. The predicted octanol–water partition coefficient (Wildman–Crippen LogP) is 3.56. The van der Waals surface area contributed by atoms with Gasteiger partial charge in [-0.25, -0.2) is 4.68 Å². The van der Waals surface area contributed by atoms with E-state index in [1.807, 2.05) is 30.3 Å². The Labute approximate surface area is 133 Å². The molecule has 1 aromatic heterocycles.